The minimum atomic E-state index is -0.447. The van der Waals surface area contributed by atoms with Gasteiger partial charge in [0.05, 0.1) is 42.5 Å². The predicted molar refractivity (Wildman–Crippen MR) is 127 cm³/mol. The highest BCUT2D eigenvalue weighted by atomic mass is 32.1. The van der Waals surface area contributed by atoms with Crippen LogP contribution in [0.25, 0.3) is 10.6 Å². The molecular weight excluding hydrogens is 428 g/mol. The maximum atomic E-state index is 11.3. The van der Waals surface area contributed by atoms with Gasteiger partial charge in [0, 0.05) is 35.8 Å². The van der Waals surface area contributed by atoms with Gasteiger partial charge < -0.3 is 31.2 Å². The number of rotatable bonds is 9. The van der Waals surface area contributed by atoms with Crippen LogP contribution >= 0.6 is 11.3 Å². The summed E-state index contributed by atoms with van der Waals surface area (Å²) >= 11 is 1.42. The summed E-state index contributed by atoms with van der Waals surface area (Å²) in [4.78, 5) is 12.2. The number of primary amides is 1. The van der Waals surface area contributed by atoms with Crippen LogP contribution in [0.1, 0.15) is 23.7 Å². The van der Waals surface area contributed by atoms with Crippen molar-refractivity contribution in [1.82, 2.24) is 15.5 Å². The Morgan fingerprint density at radius 1 is 1.41 bits per heavy atom. The van der Waals surface area contributed by atoms with Gasteiger partial charge in [-0.2, -0.15) is 5.10 Å². The molecule has 170 valence electrons. The van der Waals surface area contributed by atoms with Crippen LogP contribution in [0.15, 0.2) is 35.7 Å². The van der Waals surface area contributed by atoms with E-state index in [-0.39, 0.29) is 12.1 Å². The Morgan fingerprint density at radius 3 is 2.97 bits per heavy atom. The number of amides is 1. The van der Waals surface area contributed by atoms with Crippen molar-refractivity contribution in [2.75, 3.05) is 37.5 Å². The third kappa shape index (κ3) is 5.04. The van der Waals surface area contributed by atoms with Gasteiger partial charge in [0.1, 0.15) is 17.3 Å². The van der Waals surface area contributed by atoms with Crippen molar-refractivity contribution in [2.24, 2.45) is 5.73 Å². The largest absolute Gasteiger partial charge is 0.494 e. The highest BCUT2D eigenvalue weighted by molar-refractivity contribution is 7.13. The molecule has 10 heteroatoms. The third-order valence-corrected chi connectivity index (χ3v) is 6.37. The Kier molecular flexibility index (Phi) is 6.93. The van der Waals surface area contributed by atoms with Gasteiger partial charge in [0.25, 0.3) is 0 Å². The lowest BCUT2D eigenvalue weighted by Gasteiger charge is -2.32. The van der Waals surface area contributed by atoms with Crippen LogP contribution in [-0.2, 0) is 4.74 Å². The summed E-state index contributed by atoms with van der Waals surface area (Å²) in [6.45, 7) is 4.50. The molecule has 3 heterocycles. The molecule has 6 N–H and O–H groups in total. The van der Waals surface area contributed by atoms with Crippen molar-refractivity contribution in [3.05, 3.63) is 41.3 Å². The van der Waals surface area contributed by atoms with Crippen LogP contribution in [0.4, 0.5) is 17.2 Å². The normalized spacial score (nSPS) is 17.0. The number of nitrogens with two attached hydrogens (primary N) is 1. The molecule has 32 heavy (non-hydrogen) atoms. The zero-order valence-corrected chi connectivity index (χ0v) is 18.9. The van der Waals surface area contributed by atoms with E-state index in [9.17, 15) is 4.79 Å². The van der Waals surface area contributed by atoms with E-state index in [4.69, 9.17) is 15.2 Å². The zero-order chi connectivity index (χ0) is 22.5. The van der Waals surface area contributed by atoms with Gasteiger partial charge >= 0.3 is 0 Å². The van der Waals surface area contributed by atoms with E-state index in [0.29, 0.717) is 23.7 Å². The Morgan fingerprint density at radius 2 is 2.28 bits per heavy atom. The average Bonchev–Trinajstić information content (AvgIpc) is 3.49. The first kappa shape index (κ1) is 22.1. The minimum absolute atomic E-state index is 0.255. The van der Waals surface area contributed by atoms with Crippen LogP contribution in [0.5, 0.6) is 5.75 Å². The van der Waals surface area contributed by atoms with E-state index in [0.717, 1.165) is 41.5 Å². The van der Waals surface area contributed by atoms with E-state index in [1.54, 1.807) is 18.6 Å². The van der Waals surface area contributed by atoms with Gasteiger partial charge in [-0.15, -0.1) is 11.3 Å². The molecule has 2 atom stereocenters. The van der Waals surface area contributed by atoms with Crippen LogP contribution in [-0.4, -0.2) is 55.1 Å². The number of nitrogens with zero attached hydrogens (tertiary/aromatic N) is 1. The summed E-state index contributed by atoms with van der Waals surface area (Å²) in [6, 6.07) is 10.1. The number of methoxy groups -OCH3 is 1. The molecule has 2 unspecified atom stereocenters. The van der Waals surface area contributed by atoms with Gasteiger partial charge in [0.15, 0.2) is 0 Å². The highest BCUT2D eigenvalue weighted by Crippen LogP contribution is 2.33. The molecule has 0 bridgehead atoms. The van der Waals surface area contributed by atoms with Crippen LogP contribution < -0.4 is 26.4 Å². The van der Waals surface area contributed by atoms with Crippen molar-refractivity contribution in [2.45, 2.75) is 25.4 Å². The maximum absolute atomic E-state index is 11.3. The number of ether oxygens (including phenoxy) is 2. The molecular formula is C22H28N6O3S. The first-order valence-corrected chi connectivity index (χ1v) is 11.4. The number of nitrogens with one attached hydrogen (secondary N) is 4. The fourth-order valence-electron chi connectivity index (χ4n) is 3.69. The summed E-state index contributed by atoms with van der Waals surface area (Å²) in [7, 11) is 1.65. The number of morpholine rings is 1. The predicted octanol–water partition coefficient (Wildman–Crippen LogP) is 3.17. The lowest BCUT2D eigenvalue weighted by atomic mass is 10.0. The minimum Gasteiger partial charge on any atom is -0.494 e. The molecule has 0 spiro atoms. The smallest absolute Gasteiger partial charge is 0.249 e. The van der Waals surface area contributed by atoms with Crippen molar-refractivity contribution in [3.63, 3.8) is 0 Å². The first-order valence-electron chi connectivity index (χ1n) is 10.5. The van der Waals surface area contributed by atoms with E-state index >= 15 is 0 Å². The van der Waals surface area contributed by atoms with E-state index in [1.807, 2.05) is 24.3 Å². The number of carbonyl (C=O) groups excluding carboxylic acids is 1. The fraction of sp³-hybridized carbons (Fsp3) is 0.364. The number of aromatic nitrogens is 2. The van der Waals surface area contributed by atoms with Crippen molar-refractivity contribution >= 4 is 34.4 Å². The molecule has 9 nitrogen and oxygen atoms in total. The quantitative estimate of drug-likeness (QED) is 0.335. The molecule has 2 aromatic heterocycles. The SMILES string of the molecule is CCC(Nc1ccc(Nc2cc(-c3cc(C(N)=O)cs3)n[nH]2)c(OC)c1)C1COCCN1. The Labute approximate surface area is 190 Å². The van der Waals surface area contributed by atoms with E-state index < -0.39 is 5.91 Å². The summed E-state index contributed by atoms with van der Waals surface area (Å²) in [5.41, 5.74) is 8.34. The first-order chi connectivity index (χ1) is 15.6. The number of H-pyrrole nitrogens is 1. The summed E-state index contributed by atoms with van der Waals surface area (Å²) in [6.07, 6.45) is 0.973. The average molecular weight is 457 g/mol. The summed E-state index contributed by atoms with van der Waals surface area (Å²) in [5, 5.41) is 19.5. The zero-order valence-electron chi connectivity index (χ0n) is 18.1. The molecule has 1 fully saturated rings. The fourth-order valence-corrected chi connectivity index (χ4v) is 4.54. The Bertz CT molecular complexity index is 1060. The molecule has 1 aliphatic heterocycles. The number of carbonyl (C=O) groups is 1. The van der Waals surface area contributed by atoms with Crippen LogP contribution in [0, 0.1) is 0 Å². The van der Waals surface area contributed by atoms with Gasteiger partial charge in [-0.3, -0.25) is 9.89 Å². The molecule has 1 aromatic carbocycles. The van der Waals surface area contributed by atoms with Gasteiger partial charge in [-0.05, 0) is 24.6 Å². The standard InChI is InChI=1S/C22H28N6O3S/c1-3-15(18-11-31-7-6-24-18)25-14-4-5-16(19(9-14)30-2)26-21-10-17(27-28-21)20-8-13(12-32-20)22(23)29/h4-5,8-10,12,15,18,24-25H,3,6-7,11H2,1-2H3,(H2,23,29)(H2,26,27,28). The van der Waals surface area contributed by atoms with Crippen molar-refractivity contribution < 1.29 is 14.3 Å². The second-order valence-corrected chi connectivity index (χ2v) is 8.48. The monoisotopic (exact) mass is 456 g/mol. The van der Waals surface area contributed by atoms with Crippen molar-refractivity contribution in [1.29, 1.82) is 0 Å². The molecule has 0 aliphatic carbocycles. The number of benzene rings is 1. The van der Waals surface area contributed by atoms with Gasteiger partial charge in [0.2, 0.25) is 5.91 Å². The Balaban J connectivity index is 1.46. The molecule has 1 aliphatic rings. The second-order valence-electron chi connectivity index (χ2n) is 7.57. The molecule has 0 radical (unpaired) electrons. The second kappa shape index (κ2) is 10.0. The topological polar surface area (TPSA) is 126 Å². The lowest BCUT2D eigenvalue weighted by molar-refractivity contribution is 0.0703. The number of hydrogen-bond acceptors (Lipinski definition) is 8. The Hall–Kier alpha value is -3.08. The van der Waals surface area contributed by atoms with E-state index in [2.05, 4.69) is 33.1 Å². The van der Waals surface area contributed by atoms with Crippen molar-refractivity contribution in [3.8, 4) is 16.3 Å². The van der Waals surface area contributed by atoms with Gasteiger partial charge in [-0.1, -0.05) is 6.92 Å². The summed E-state index contributed by atoms with van der Waals surface area (Å²) < 4.78 is 11.2. The van der Waals surface area contributed by atoms with Crippen LogP contribution in [0.2, 0.25) is 0 Å². The number of thiophene rings is 1. The molecule has 3 aromatic rings. The molecule has 0 saturated carbocycles. The lowest BCUT2D eigenvalue weighted by Crippen LogP contribution is -2.51. The maximum Gasteiger partial charge on any atom is 0.249 e. The summed E-state index contributed by atoms with van der Waals surface area (Å²) in [5.74, 6) is 0.973. The number of hydrogen-bond donors (Lipinski definition) is 5. The number of anilines is 3. The highest BCUT2D eigenvalue weighted by Gasteiger charge is 2.22. The van der Waals surface area contributed by atoms with Gasteiger partial charge in [-0.25, -0.2) is 0 Å². The van der Waals surface area contributed by atoms with E-state index in [1.165, 1.54) is 11.3 Å². The number of aromatic amines is 1. The van der Waals surface area contributed by atoms with Crippen LogP contribution in [0.3, 0.4) is 0 Å². The molecule has 1 amide bonds. The molecule has 1 saturated heterocycles. The molecule has 4 rings (SSSR count). The third-order valence-electron chi connectivity index (χ3n) is 5.41.